The van der Waals surface area contributed by atoms with E-state index in [1.165, 1.54) is 12.3 Å². The fourth-order valence-corrected chi connectivity index (χ4v) is 2.95. The molecule has 0 bridgehead atoms. The summed E-state index contributed by atoms with van der Waals surface area (Å²) < 4.78 is 19.7. The third-order valence-electron chi connectivity index (χ3n) is 4.46. The minimum absolute atomic E-state index is 0.195. The number of ether oxygens (including phenoxy) is 1. The maximum absolute atomic E-state index is 14.9. The highest BCUT2D eigenvalue weighted by Crippen LogP contribution is 2.23. The Balaban J connectivity index is 1.63. The average Bonchev–Trinajstić information content (AvgIpc) is 2.73. The largest absolute Gasteiger partial charge is 0.443 e. The maximum Gasteiger partial charge on any atom is 0.437 e. The van der Waals surface area contributed by atoms with Crippen LogP contribution in [0, 0.1) is 5.82 Å². The molecule has 1 aliphatic rings. The van der Waals surface area contributed by atoms with Crippen molar-refractivity contribution < 1.29 is 13.9 Å². The van der Waals surface area contributed by atoms with E-state index in [9.17, 15) is 9.18 Å². The van der Waals surface area contributed by atoms with E-state index in [1.807, 2.05) is 24.1 Å². The number of carbonyl (C=O) groups is 1. The van der Waals surface area contributed by atoms with Crippen molar-refractivity contribution in [2.45, 2.75) is 6.61 Å². The van der Waals surface area contributed by atoms with E-state index >= 15 is 0 Å². The SMILES string of the molecule is CNc1ccc(N2CCN(c3nccc(COC(=O)N=C(N)N)c3F)CC2)nc1. The molecule has 5 N–H and O–H groups in total. The van der Waals surface area contributed by atoms with Gasteiger partial charge < -0.3 is 31.3 Å². The van der Waals surface area contributed by atoms with Gasteiger partial charge in [0.05, 0.1) is 11.9 Å². The quantitative estimate of drug-likeness (QED) is 0.492. The van der Waals surface area contributed by atoms with Crippen molar-refractivity contribution in [3.8, 4) is 0 Å². The van der Waals surface area contributed by atoms with Gasteiger partial charge in [-0.25, -0.2) is 19.2 Å². The molecular weight excluding hydrogens is 379 g/mol. The van der Waals surface area contributed by atoms with Gasteiger partial charge in [-0.05, 0) is 18.2 Å². The molecule has 0 aliphatic carbocycles. The zero-order valence-electron chi connectivity index (χ0n) is 16.0. The number of hydrogen-bond acceptors (Lipinski definition) is 7. The van der Waals surface area contributed by atoms with Gasteiger partial charge in [-0.1, -0.05) is 0 Å². The zero-order chi connectivity index (χ0) is 20.8. The molecule has 29 heavy (non-hydrogen) atoms. The third kappa shape index (κ3) is 5.00. The van der Waals surface area contributed by atoms with E-state index in [4.69, 9.17) is 16.2 Å². The van der Waals surface area contributed by atoms with Gasteiger partial charge in [-0.2, -0.15) is 0 Å². The number of halogens is 1. The van der Waals surface area contributed by atoms with Crippen molar-refractivity contribution in [1.82, 2.24) is 9.97 Å². The molecule has 10 nitrogen and oxygen atoms in total. The van der Waals surface area contributed by atoms with Crippen LogP contribution in [0.3, 0.4) is 0 Å². The fraction of sp³-hybridized carbons (Fsp3) is 0.333. The molecule has 0 radical (unpaired) electrons. The molecule has 0 aromatic carbocycles. The number of amides is 1. The van der Waals surface area contributed by atoms with Crippen molar-refractivity contribution in [1.29, 1.82) is 0 Å². The first kappa shape index (κ1) is 20.1. The molecule has 1 fully saturated rings. The second-order valence-corrected chi connectivity index (χ2v) is 6.33. The number of nitrogens with two attached hydrogens (primary N) is 2. The molecule has 0 atom stereocenters. The topological polar surface area (TPSA) is 135 Å². The predicted octanol–water partition coefficient (Wildman–Crippen LogP) is 0.894. The van der Waals surface area contributed by atoms with Crippen LogP contribution in [0.2, 0.25) is 0 Å². The smallest absolute Gasteiger partial charge is 0.437 e. The Morgan fingerprint density at radius 3 is 2.55 bits per heavy atom. The summed E-state index contributed by atoms with van der Waals surface area (Å²) in [7, 11) is 1.84. The number of aromatic nitrogens is 2. The van der Waals surface area contributed by atoms with Crippen molar-refractivity contribution in [3.63, 3.8) is 0 Å². The molecule has 154 valence electrons. The van der Waals surface area contributed by atoms with Crippen LogP contribution in [0.5, 0.6) is 0 Å². The van der Waals surface area contributed by atoms with Gasteiger partial charge in [0.15, 0.2) is 17.6 Å². The molecular formula is C18H23FN8O2. The molecule has 0 unspecified atom stereocenters. The minimum atomic E-state index is -0.979. The number of hydrogen-bond donors (Lipinski definition) is 3. The van der Waals surface area contributed by atoms with Gasteiger partial charge in [0.1, 0.15) is 12.4 Å². The summed E-state index contributed by atoms with van der Waals surface area (Å²) in [5.41, 5.74) is 11.3. The number of nitrogens with zero attached hydrogens (tertiary/aromatic N) is 5. The van der Waals surface area contributed by atoms with Gasteiger partial charge in [-0.3, -0.25) is 0 Å². The number of anilines is 3. The maximum atomic E-state index is 14.9. The van der Waals surface area contributed by atoms with Crippen molar-refractivity contribution in [3.05, 3.63) is 42.0 Å². The van der Waals surface area contributed by atoms with Crippen molar-refractivity contribution >= 4 is 29.4 Å². The van der Waals surface area contributed by atoms with Crippen LogP contribution in [0.25, 0.3) is 0 Å². The standard InChI is InChI=1S/C18H23FN8O2/c1-22-13-2-3-14(24-10-13)26-6-8-27(9-7-26)16-15(19)12(4-5-23-16)11-29-18(28)25-17(20)21/h2-5,10,22H,6-9,11H2,1H3,(H4,20,21,25,28). The van der Waals surface area contributed by atoms with E-state index < -0.39 is 17.9 Å². The lowest BCUT2D eigenvalue weighted by Gasteiger charge is -2.36. The Morgan fingerprint density at radius 1 is 1.21 bits per heavy atom. The summed E-state index contributed by atoms with van der Waals surface area (Å²) in [5.74, 6) is 0.143. The predicted molar refractivity (Wildman–Crippen MR) is 108 cm³/mol. The summed E-state index contributed by atoms with van der Waals surface area (Å²) in [5, 5.41) is 3.03. The van der Waals surface area contributed by atoms with Crippen LogP contribution in [0.15, 0.2) is 35.6 Å². The number of nitrogens with one attached hydrogen (secondary N) is 1. The molecule has 2 aromatic rings. The first-order chi connectivity index (χ1) is 14.0. The number of piperazine rings is 1. The number of rotatable bonds is 5. The van der Waals surface area contributed by atoms with Crippen LogP contribution in [0.1, 0.15) is 5.56 Å². The Kier molecular flexibility index (Phi) is 6.27. The third-order valence-corrected chi connectivity index (χ3v) is 4.46. The molecule has 1 saturated heterocycles. The van der Waals surface area contributed by atoms with Crippen molar-refractivity contribution in [2.75, 3.05) is 48.3 Å². The highest BCUT2D eigenvalue weighted by atomic mass is 19.1. The Morgan fingerprint density at radius 2 is 1.93 bits per heavy atom. The van der Waals surface area contributed by atoms with Crippen molar-refractivity contribution in [2.24, 2.45) is 16.5 Å². The number of carbonyl (C=O) groups excluding carboxylic acids is 1. The first-order valence-electron chi connectivity index (χ1n) is 9.01. The highest BCUT2D eigenvalue weighted by molar-refractivity contribution is 5.87. The molecule has 1 amide bonds. The number of pyridine rings is 2. The van der Waals surface area contributed by atoms with E-state index in [2.05, 4.69) is 25.2 Å². The van der Waals surface area contributed by atoms with Crippen LogP contribution in [-0.2, 0) is 11.3 Å². The number of guanidine groups is 1. The summed E-state index contributed by atoms with van der Waals surface area (Å²) in [6.07, 6.45) is 2.27. The Labute approximate surface area is 167 Å². The molecule has 0 spiro atoms. The van der Waals surface area contributed by atoms with Crippen LogP contribution in [-0.4, -0.2) is 55.2 Å². The van der Waals surface area contributed by atoms with Crippen LogP contribution >= 0.6 is 0 Å². The zero-order valence-corrected chi connectivity index (χ0v) is 16.0. The summed E-state index contributed by atoms with van der Waals surface area (Å²) >= 11 is 0. The van der Waals surface area contributed by atoms with Crippen LogP contribution in [0.4, 0.5) is 26.5 Å². The van der Waals surface area contributed by atoms with E-state index in [-0.39, 0.29) is 18.0 Å². The molecule has 0 saturated carbocycles. The number of aliphatic imine (C=N–C) groups is 1. The van der Waals surface area contributed by atoms with Gasteiger partial charge in [-0.15, -0.1) is 4.99 Å². The molecule has 3 heterocycles. The first-order valence-corrected chi connectivity index (χ1v) is 9.01. The lowest BCUT2D eigenvalue weighted by atomic mass is 10.2. The average molecular weight is 402 g/mol. The van der Waals surface area contributed by atoms with Crippen LogP contribution < -0.4 is 26.6 Å². The van der Waals surface area contributed by atoms with Gasteiger partial charge in [0.2, 0.25) is 0 Å². The second-order valence-electron chi connectivity index (χ2n) is 6.33. The molecule has 1 aliphatic heterocycles. The van der Waals surface area contributed by atoms with E-state index in [0.717, 1.165) is 11.5 Å². The Hall–Kier alpha value is -3.63. The highest BCUT2D eigenvalue weighted by Gasteiger charge is 2.23. The summed E-state index contributed by atoms with van der Waals surface area (Å²) in [4.78, 5) is 27.2. The monoisotopic (exact) mass is 402 g/mol. The normalized spacial score (nSPS) is 13.7. The Bertz CT molecular complexity index is 878. The van der Waals surface area contributed by atoms with Gasteiger partial charge in [0.25, 0.3) is 0 Å². The minimum Gasteiger partial charge on any atom is -0.443 e. The lowest BCUT2D eigenvalue weighted by Crippen LogP contribution is -2.47. The molecule has 11 heteroatoms. The van der Waals surface area contributed by atoms with Gasteiger partial charge in [0, 0.05) is 45.0 Å². The second kappa shape index (κ2) is 9.04. The summed E-state index contributed by atoms with van der Waals surface area (Å²) in [6.45, 7) is 2.22. The van der Waals surface area contributed by atoms with E-state index in [0.29, 0.717) is 26.2 Å². The van der Waals surface area contributed by atoms with E-state index in [1.54, 1.807) is 6.20 Å². The molecule has 2 aromatic heterocycles. The molecule has 3 rings (SSSR count). The van der Waals surface area contributed by atoms with Gasteiger partial charge >= 0.3 is 6.09 Å². The lowest BCUT2D eigenvalue weighted by molar-refractivity contribution is 0.149. The summed E-state index contributed by atoms with van der Waals surface area (Å²) in [6, 6.07) is 5.36. The fourth-order valence-electron chi connectivity index (χ4n) is 2.95.